The van der Waals surface area contributed by atoms with Gasteiger partial charge in [0, 0.05) is 12.5 Å². The first-order valence-corrected chi connectivity index (χ1v) is 6.28. The van der Waals surface area contributed by atoms with Crippen molar-refractivity contribution < 1.29 is 4.79 Å². The lowest BCUT2D eigenvalue weighted by atomic mass is 9.96. The first-order valence-electron chi connectivity index (χ1n) is 6.28. The lowest BCUT2D eigenvalue weighted by Crippen LogP contribution is -2.20. The summed E-state index contributed by atoms with van der Waals surface area (Å²) >= 11 is 0. The molecule has 0 heterocycles. The molecule has 3 nitrogen and oxygen atoms in total. The maximum absolute atomic E-state index is 10.9. The minimum Gasteiger partial charge on any atom is -0.370 e. The van der Waals surface area contributed by atoms with E-state index in [0.29, 0.717) is 0 Å². The fourth-order valence-electron chi connectivity index (χ4n) is 2.17. The highest BCUT2D eigenvalue weighted by atomic mass is 16.1. The van der Waals surface area contributed by atoms with E-state index in [1.165, 1.54) is 11.1 Å². The third-order valence-electron chi connectivity index (χ3n) is 3.19. The van der Waals surface area contributed by atoms with Crippen LogP contribution in [0.25, 0.3) is 11.1 Å². The fourth-order valence-corrected chi connectivity index (χ4v) is 2.17. The van der Waals surface area contributed by atoms with Gasteiger partial charge in [0.15, 0.2) is 0 Å². The molecule has 0 fully saturated rings. The van der Waals surface area contributed by atoms with E-state index in [2.05, 4.69) is 19.1 Å². The number of hydrogen-bond donors (Lipinski definition) is 2. The van der Waals surface area contributed by atoms with Crippen molar-refractivity contribution in [3.05, 3.63) is 59.7 Å². The second-order valence-electron chi connectivity index (χ2n) is 4.72. The summed E-state index contributed by atoms with van der Waals surface area (Å²) in [6, 6.07) is 15.8. The lowest BCUT2D eigenvalue weighted by Gasteiger charge is -2.12. The fraction of sp³-hybridized carbons (Fsp3) is 0.188. The molecule has 0 spiro atoms. The van der Waals surface area contributed by atoms with Crippen molar-refractivity contribution in [3.63, 3.8) is 0 Å². The largest absolute Gasteiger partial charge is 0.370 e. The van der Waals surface area contributed by atoms with Crippen molar-refractivity contribution in [1.29, 1.82) is 0 Å². The minimum atomic E-state index is -0.381. The Morgan fingerprint density at radius 1 is 1.16 bits per heavy atom. The first-order chi connectivity index (χ1) is 9.08. The van der Waals surface area contributed by atoms with Gasteiger partial charge in [-0.2, -0.15) is 0 Å². The summed E-state index contributed by atoms with van der Waals surface area (Å²) in [6.45, 7) is 2.07. The highest BCUT2D eigenvalue weighted by molar-refractivity contribution is 5.75. The Morgan fingerprint density at radius 2 is 1.89 bits per heavy atom. The number of primary amides is 1. The van der Waals surface area contributed by atoms with Crippen LogP contribution in [-0.4, -0.2) is 5.91 Å². The first kappa shape index (κ1) is 13.3. The standard InChI is InChI=1S/C16H18N2O/c1-11-5-2-3-8-14(11)12-6-4-7-13(9-12)15(17)10-16(18)19/h2-9,15H,10,17H2,1H3,(H2,18,19). The van der Waals surface area contributed by atoms with Gasteiger partial charge < -0.3 is 11.5 Å². The molecular formula is C16H18N2O. The van der Waals surface area contributed by atoms with Crippen LogP contribution in [0.5, 0.6) is 0 Å². The van der Waals surface area contributed by atoms with Crippen molar-refractivity contribution >= 4 is 5.91 Å². The number of hydrogen-bond acceptors (Lipinski definition) is 2. The molecule has 0 bridgehead atoms. The maximum Gasteiger partial charge on any atom is 0.219 e. The zero-order valence-corrected chi connectivity index (χ0v) is 11.0. The molecule has 4 N–H and O–H groups in total. The Kier molecular flexibility index (Phi) is 3.97. The van der Waals surface area contributed by atoms with E-state index in [0.717, 1.165) is 11.1 Å². The Morgan fingerprint density at radius 3 is 2.58 bits per heavy atom. The third kappa shape index (κ3) is 3.20. The predicted molar refractivity (Wildman–Crippen MR) is 77.4 cm³/mol. The normalized spacial score (nSPS) is 12.1. The number of aryl methyl sites for hydroxylation is 1. The lowest BCUT2D eigenvalue weighted by molar-refractivity contribution is -0.118. The van der Waals surface area contributed by atoms with Crippen molar-refractivity contribution in [2.75, 3.05) is 0 Å². The molecule has 0 saturated carbocycles. The van der Waals surface area contributed by atoms with Gasteiger partial charge in [-0.05, 0) is 35.2 Å². The van der Waals surface area contributed by atoms with E-state index in [9.17, 15) is 4.79 Å². The summed E-state index contributed by atoms with van der Waals surface area (Å²) in [7, 11) is 0. The monoisotopic (exact) mass is 254 g/mol. The van der Waals surface area contributed by atoms with Gasteiger partial charge in [-0.3, -0.25) is 4.79 Å². The molecular weight excluding hydrogens is 236 g/mol. The van der Waals surface area contributed by atoms with E-state index in [4.69, 9.17) is 11.5 Å². The van der Waals surface area contributed by atoms with Gasteiger partial charge in [0.05, 0.1) is 0 Å². The average molecular weight is 254 g/mol. The highest BCUT2D eigenvalue weighted by Gasteiger charge is 2.10. The summed E-state index contributed by atoms with van der Waals surface area (Å²) in [5.41, 5.74) is 15.6. The summed E-state index contributed by atoms with van der Waals surface area (Å²) in [5, 5.41) is 0. The van der Waals surface area contributed by atoms with Crippen LogP contribution >= 0.6 is 0 Å². The van der Waals surface area contributed by atoms with Crippen molar-refractivity contribution in [3.8, 4) is 11.1 Å². The number of nitrogens with two attached hydrogens (primary N) is 2. The van der Waals surface area contributed by atoms with E-state index in [1.807, 2.05) is 36.4 Å². The van der Waals surface area contributed by atoms with Gasteiger partial charge >= 0.3 is 0 Å². The molecule has 1 unspecified atom stereocenters. The van der Waals surface area contributed by atoms with E-state index >= 15 is 0 Å². The van der Waals surface area contributed by atoms with E-state index in [1.54, 1.807) is 0 Å². The van der Waals surface area contributed by atoms with Crippen LogP contribution < -0.4 is 11.5 Å². The SMILES string of the molecule is Cc1ccccc1-c1cccc(C(N)CC(N)=O)c1. The van der Waals surface area contributed by atoms with Crippen LogP contribution in [0.2, 0.25) is 0 Å². The molecule has 0 aliphatic heterocycles. The third-order valence-corrected chi connectivity index (χ3v) is 3.19. The zero-order chi connectivity index (χ0) is 13.8. The predicted octanol–water partition coefficient (Wildman–Crippen LogP) is 2.54. The molecule has 0 aromatic heterocycles. The molecule has 1 atom stereocenters. The molecule has 98 valence electrons. The van der Waals surface area contributed by atoms with Gasteiger partial charge in [-0.25, -0.2) is 0 Å². The van der Waals surface area contributed by atoms with Crippen LogP contribution in [0.15, 0.2) is 48.5 Å². The number of benzene rings is 2. The number of amides is 1. The van der Waals surface area contributed by atoms with Crippen LogP contribution in [0.1, 0.15) is 23.6 Å². The Bertz CT molecular complexity index is 593. The molecule has 19 heavy (non-hydrogen) atoms. The maximum atomic E-state index is 10.9. The average Bonchev–Trinajstić information content (AvgIpc) is 2.38. The summed E-state index contributed by atoms with van der Waals surface area (Å²) in [5.74, 6) is -0.381. The van der Waals surface area contributed by atoms with Crippen LogP contribution in [0.4, 0.5) is 0 Å². The molecule has 2 rings (SSSR count). The van der Waals surface area contributed by atoms with Gasteiger partial charge in [0.25, 0.3) is 0 Å². The molecule has 2 aromatic carbocycles. The topological polar surface area (TPSA) is 69.1 Å². The zero-order valence-electron chi connectivity index (χ0n) is 11.0. The minimum absolute atomic E-state index is 0.164. The molecule has 0 aliphatic rings. The van der Waals surface area contributed by atoms with Crippen molar-refractivity contribution in [1.82, 2.24) is 0 Å². The van der Waals surface area contributed by atoms with Gasteiger partial charge in [-0.1, -0.05) is 42.5 Å². The van der Waals surface area contributed by atoms with Gasteiger partial charge in [0.2, 0.25) is 5.91 Å². The number of rotatable bonds is 4. The summed E-state index contributed by atoms with van der Waals surface area (Å²) < 4.78 is 0. The summed E-state index contributed by atoms with van der Waals surface area (Å²) in [4.78, 5) is 10.9. The van der Waals surface area contributed by atoms with Crippen LogP contribution in [0.3, 0.4) is 0 Å². The summed E-state index contributed by atoms with van der Waals surface area (Å²) in [6.07, 6.45) is 0.164. The van der Waals surface area contributed by atoms with Crippen molar-refractivity contribution in [2.45, 2.75) is 19.4 Å². The Labute approximate surface area is 113 Å². The number of carbonyl (C=O) groups excluding carboxylic acids is 1. The van der Waals surface area contributed by atoms with Crippen molar-refractivity contribution in [2.24, 2.45) is 11.5 Å². The molecule has 0 aliphatic carbocycles. The molecule has 3 heteroatoms. The number of carbonyl (C=O) groups is 1. The van der Waals surface area contributed by atoms with E-state index < -0.39 is 0 Å². The molecule has 0 radical (unpaired) electrons. The molecule has 2 aromatic rings. The smallest absolute Gasteiger partial charge is 0.219 e. The Balaban J connectivity index is 2.34. The second kappa shape index (κ2) is 5.67. The quantitative estimate of drug-likeness (QED) is 0.880. The Hall–Kier alpha value is -2.13. The van der Waals surface area contributed by atoms with E-state index in [-0.39, 0.29) is 18.4 Å². The van der Waals surface area contributed by atoms with Gasteiger partial charge in [0.1, 0.15) is 0 Å². The molecule has 0 saturated heterocycles. The van der Waals surface area contributed by atoms with Crippen LogP contribution in [0, 0.1) is 6.92 Å². The van der Waals surface area contributed by atoms with Crippen LogP contribution in [-0.2, 0) is 4.79 Å². The molecule has 1 amide bonds. The highest BCUT2D eigenvalue weighted by Crippen LogP contribution is 2.26. The van der Waals surface area contributed by atoms with Gasteiger partial charge in [-0.15, -0.1) is 0 Å². The second-order valence-corrected chi connectivity index (χ2v) is 4.72.